The Morgan fingerprint density at radius 1 is 1.16 bits per heavy atom. The van der Waals surface area contributed by atoms with Crippen LogP contribution >= 0.6 is 0 Å². The van der Waals surface area contributed by atoms with Crippen molar-refractivity contribution in [3.05, 3.63) is 0 Å². The third-order valence-electron chi connectivity index (χ3n) is 5.07. The van der Waals surface area contributed by atoms with Crippen LogP contribution in [-0.2, 0) is 4.79 Å². The van der Waals surface area contributed by atoms with Crippen molar-refractivity contribution in [3.63, 3.8) is 0 Å². The van der Waals surface area contributed by atoms with E-state index in [0.717, 1.165) is 31.8 Å². The van der Waals surface area contributed by atoms with Crippen molar-refractivity contribution in [1.29, 1.82) is 0 Å². The van der Waals surface area contributed by atoms with Gasteiger partial charge in [0.15, 0.2) is 0 Å². The summed E-state index contributed by atoms with van der Waals surface area (Å²) in [7, 11) is 0. The number of piperidine rings is 1. The average Bonchev–Trinajstić information content (AvgIpc) is 3.18. The van der Waals surface area contributed by atoms with Crippen LogP contribution in [0, 0.1) is 5.92 Å². The van der Waals surface area contributed by atoms with Crippen molar-refractivity contribution in [3.8, 4) is 0 Å². The predicted molar refractivity (Wildman–Crippen MR) is 73.7 cm³/mol. The van der Waals surface area contributed by atoms with Crippen molar-refractivity contribution in [2.75, 3.05) is 13.1 Å². The van der Waals surface area contributed by atoms with Gasteiger partial charge in [-0.05, 0) is 51.0 Å². The Morgan fingerprint density at radius 3 is 2.58 bits per heavy atom. The number of carbonyl (C=O) groups excluding carboxylic acids is 1. The lowest BCUT2D eigenvalue weighted by Crippen LogP contribution is -2.50. The van der Waals surface area contributed by atoms with Crippen molar-refractivity contribution in [2.24, 2.45) is 5.92 Å². The second-order valence-electron chi connectivity index (χ2n) is 6.50. The fraction of sp³-hybridized carbons (Fsp3) is 0.933. The molecule has 0 bridgehead atoms. The van der Waals surface area contributed by atoms with E-state index in [-0.39, 0.29) is 11.8 Å². The van der Waals surface area contributed by atoms with Crippen LogP contribution in [0.2, 0.25) is 0 Å². The number of carbonyl (C=O) groups is 1. The van der Waals surface area contributed by atoms with Crippen LogP contribution in [0.4, 0.5) is 0 Å². The normalized spacial score (nSPS) is 30.7. The lowest BCUT2D eigenvalue weighted by molar-refractivity contribution is -0.134. The second-order valence-corrected chi connectivity index (χ2v) is 6.50. The standard InChI is InChI=1S/C15H26N2O2/c18-14(11-4-3-5-11)15(19)16-10-13-6-1-2-9-17(13)12-7-8-12/h11-14,18H,1-10H2,(H,16,19). The number of aliphatic hydroxyl groups excluding tert-OH is 1. The zero-order valence-corrected chi connectivity index (χ0v) is 11.7. The molecule has 3 aliphatic rings. The van der Waals surface area contributed by atoms with Crippen LogP contribution in [0.15, 0.2) is 0 Å². The summed E-state index contributed by atoms with van der Waals surface area (Å²) in [4.78, 5) is 14.5. The minimum absolute atomic E-state index is 0.147. The molecule has 1 amide bonds. The van der Waals surface area contributed by atoms with E-state index >= 15 is 0 Å². The quantitative estimate of drug-likeness (QED) is 0.788. The number of hydrogen-bond donors (Lipinski definition) is 2. The highest BCUT2D eigenvalue weighted by Crippen LogP contribution is 2.32. The van der Waals surface area contributed by atoms with Crippen molar-refractivity contribution in [2.45, 2.75) is 69.6 Å². The number of nitrogens with zero attached hydrogens (tertiary/aromatic N) is 1. The molecule has 108 valence electrons. The molecule has 2 N–H and O–H groups in total. The summed E-state index contributed by atoms with van der Waals surface area (Å²) in [6.07, 6.45) is 8.82. The summed E-state index contributed by atoms with van der Waals surface area (Å²) in [5.41, 5.74) is 0. The van der Waals surface area contributed by atoms with Gasteiger partial charge in [0.1, 0.15) is 6.10 Å². The van der Waals surface area contributed by atoms with E-state index in [1.165, 1.54) is 38.6 Å². The monoisotopic (exact) mass is 266 g/mol. The van der Waals surface area contributed by atoms with E-state index in [1.807, 2.05) is 0 Å². The largest absolute Gasteiger partial charge is 0.383 e. The molecular weight excluding hydrogens is 240 g/mol. The van der Waals surface area contributed by atoms with Crippen LogP contribution < -0.4 is 5.32 Å². The van der Waals surface area contributed by atoms with E-state index in [4.69, 9.17) is 0 Å². The van der Waals surface area contributed by atoms with Crippen LogP contribution in [0.5, 0.6) is 0 Å². The Morgan fingerprint density at radius 2 is 1.95 bits per heavy atom. The molecule has 0 aromatic rings. The van der Waals surface area contributed by atoms with E-state index < -0.39 is 6.10 Å². The molecule has 0 radical (unpaired) electrons. The molecular formula is C15H26N2O2. The van der Waals surface area contributed by atoms with Gasteiger partial charge in [0.2, 0.25) is 5.91 Å². The molecule has 1 saturated heterocycles. The summed E-state index contributed by atoms with van der Waals surface area (Å²) in [5, 5.41) is 12.9. The minimum atomic E-state index is -0.772. The van der Waals surface area contributed by atoms with E-state index in [1.54, 1.807) is 0 Å². The number of aliphatic hydroxyl groups is 1. The number of likely N-dealkylation sites (tertiary alicyclic amines) is 1. The van der Waals surface area contributed by atoms with Gasteiger partial charge in [-0.25, -0.2) is 0 Å². The Bertz CT molecular complexity index is 326. The van der Waals surface area contributed by atoms with Gasteiger partial charge in [0.05, 0.1) is 0 Å². The van der Waals surface area contributed by atoms with E-state index in [2.05, 4.69) is 10.2 Å². The van der Waals surface area contributed by atoms with Gasteiger partial charge in [-0.15, -0.1) is 0 Å². The molecule has 4 heteroatoms. The lowest BCUT2D eigenvalue weighted by atomic mass is 9.81. The smallest absolute Gasteiger partial charge is 0.249 e. The molecule has 19 heavy (non-hydrogen) atoms. The van der Waals surface area contributed by atoms with Crippen LogP contribution in [0.25, 0.3) is 0 Å². The van der Waals surface area contributed by atoms with Gasteiger partial charge in [-0.3, -0.25) is 9.69 Å². The average molecular weight is 266 g/mol. The first-order valence-electron chi connectivity index (χ1n) is 7.97. The predicted octanol–water partition coefficient (Wildman–Crippen LogP) is 1.28. The van der Waals surface area contributed by atoms with Gasteiger partial charge >= 0.3 is 0 Å². The highest BCUT2D eigenvalue weighted by atomic mass is 16.3. The molecule has 2 aliphatic carbocycles. The SMILES string of the molecule is O=C(NCC1CCCCN1C1CC1)C(O)C1CCC1. The third kappa shape index (κ3) is 3.11. The number of rotatable bonds is 5. The maximum atomic E-state index is 11.9. The Balaban J connectivity index is 1.45. The van der Waals surface area contributed by atoms with Crippen LogP contribution in [0.3, 0.4) is 0 Å². The summed E-state index contributed by atoms with van der Waals surface area (Å²) in [5.74, 6) is 0.0666. The first kappa shape index (κ1) is 13.4. The topological polar surface area (TPSA) is 52.6 Å². The fourth-order valence-electron chi connectivity index (χ4n) is 3.42. The van der Waals surface area contributed by atoms with Crippen LogP contribution in [-0.4, -0.2) is 47.2 Å². The highest BCUT2D eigenvalue weighted by molar-refractivity contribution is 5.80. The van der Waals surface area contributed by atoms with Crippen LogP contribution in [0.1, 0.15) is 51.4 Å². The molecule has 0 aromatic carbocycles. The van der Waals surface area contributed by atoms with Gasteiger partial charge in [-0.1, -0.05) is 12.8 Å². The van der Waals surface area contributed by atoms with Crippen molar-refractivity contribution in [1.82, 2.24) is 10.2 Å². The molecule has 1 heterocycles. The van der Waals surface area contributed by atoms with E-state index in [0.29, 0.717) is 6.04 Å². The Labute approximate surface area is 115 Å². The highest BCUT2D eigenvalue weighted by Gasteiger charge is 2.36. The first-order valence-corrected chi connectivity index (χ1v) is 7.97. The van der Waals surface area contributed by atoms with Crippen molar-refractivity contribution < 1.29 is 9.90 Å². The summed E-state index contributed by atoms with van der Waals surface area (Å²) < 4.78 is 0. The van der Waals surface area contributed by atoms with Gasteiger partial charge in [-0.2, -0.15) is 0 Å². The van der Waals surface area contributed by atoms with E-state index in [9.17, 15) is 9.90 Å². The first-order chi connectivity index (χ1) is 9.25. The molecule has 2 atom stereocenters. The molecule has 3 rings (SSSR count). The molecule has 3 fully saturated rings. The zero-order valence-electron chi connectivity index (χ0n) is 11.7. The third-order valence-corrected chi connectivity index (χ3v) is 5.07. The summed E-state index contributed by atoms with van der Waals surface area (Å²) in [6.45, 7) is 1.91. The summed E-state index contributed by atoms with van der Waals surface area (Å²) in [6, 6.07) is 1.28. The lowest BCUT2D eigenvalue weighted by Gasteiger charge is -2.36. The maximum Gasteiger partial charge on any atom is 0.249 e. The zero-order chi connectivity index (χ0) is 13.2. The molecule has 0 spiro atoms. The number of nitrogens with one attached hydrogen (secondary N) is 1. The van der Waals surface area contributed by atoms with Gasteiger partial charge in [0, 0.05) is 18.6 Å². The Hall–Kier alpha value is -0.610. The molecule has 2 saturated carbocycles. The van der Waals surface area contributed by atoms with Crippen molar-refractivity contribution >= 4 is 5.91 Å². The molecule has 1 aliphatic heterocycles. The molecule has 0 aromatic heterocycles. The Kier molecular flexibility index (Phi) is 4.08. The fourth-order valence-corrected chi connectivity index (χ4v) is 3.42. The second kappa shape index (κ2) is 5.80. The van der Waals surface area contributed by atoms with Gasteiger partial charge < -0.3 is 10.4 Å². The maximum absolute atomic E-state index is 11.9. The number of hydrogen-bond acceptors (Lipinski definition) is 3. The van der Waals surface area contributed by atoms with Gasteiger partial charge in [0.25, 0.3) is 0 Å². The minimum Gasteiger partial charge on any atom is -0.383 e. The molecule has 4 nitrogen and oxygen atoms in total. The number of amides is 1. The molecule has 2 unspecified atom stereocenters. The summed E-state index contributed by atoms with van der Waals surface area (Å²) >= 11 is 0.